The van der Waals surface area contributed by atoms with Crippen LogP contribution < -0.4 is 26.6 Å². The van der Waals surface area contributed by atoms with Gasteiger partial charge in [-0.2, -0.15) is 0 Å². The predicted octanol–water partition coefficient (Wildman–Crippen LogP) is 2.20. The highest BCUT2D eigenvalue weighted by molar-refractivity contribution is 5.97. The normalized spacial score (nSPS) is 17.3. The number of phenolic OH excluding ortho intramolecular Hbond substituents is 2. The Morgan fingerprint density at radius 3 is 1.90 bits per heavy atom. The van der Waals surface area contributed by atoms with Gasteiger partial charge in [-0.15, -0.1) is 0 Å². The summed E-state index contributed by atoms with van der Waals surface area (Å²) in [5.41, 5.74) is 0.749. The Morgan fingerprint density at radius 2 is 1.31 bits per heavy atom. The number of benzene rings is 2. The van der Waals surface area contributed by atoms with E-state index in [0.29, 0.717) is 12.0 Å². The quantitative estimate of drug-likeness (QED) is 0.0608. The lowest BCUT2D eigenvalue weighted by atomic mass is 9.93. The molecule has 0 fully saturated rings. The van der Waals surface area contributed by atoms with Crippen LogP contribution in [0.25, 0.3) is 11.1 Å². The summed E-state index contributed by atoms with van der Waals surface area (Å²) in [5, 5.41) is 63.5. The lowest BCUT2D eigenvalue weighted by Gasteiger charge is -2.30. The van der Waals surface area contributed by atoms with Gasteiger partial charge in [0, 0.05) is 44.6 Å². The third-order valence-corrected chi connectivity index (χ3v) is 12.3. The zero-order valence-electron chi connectivity index (χ0n) is 40.4. The minimum Gasteiger partial charge on any atom is -0.507 e. The Morgan fingerprint density at radius 1 is 0.735 bits per heavy atom. The van der Waals surface area contributed by atoms with Crippen LogP contribution in [0.5, 0.6) is 11.5 Å². The number of fused-ring (bicyclic) bond motifs is 5. The van der Waals surface area contributed by atoms with Crippen LogP contribution >= 0.6 is 0 Å². The summed E-state index contributed by atoms with van der Waals surface area (Å²) in [4.78, 5) is 96.0. The zero-order chi connectivity index (χ0) is 50.3. The molecule has 0 spiro atoms. The zero-order valence-corrected chi connectivity index (χ0v) is 40.4. The van der Waals surface area contributed by atoms with E-state index in [0.717, 1.165) is 29.1 Å². The molecular formula is C49H75N7O12. The standard InChI is InChI=1S/C49H75N7O12/c1-6-7-8-9-10-11-12-13-14-15-16-17-18-19-42(62)55(4)39(30-58)48(67)52-31(2)45(64)51-28-43(63)56(5)44-34-21-23-41(61)37(26-34)36-24-33(20-22-40(36)60)25-38(47(66)50-27-35(59)29-57)54-46(65)32(3)53-49(44)68/h20-24,26,31-32,35,38-39,44,57-61H,6-19,25,27-30H2,1-5H3,(H,50,66)(H,51,64)(H,52,67)(H,53,68)(H,54,65)/t31-,32+,35?,38+,39-,44+/m1/s1. The average molecular weight is 954 g/mol. The summed E-state index contributed by atoms with van der Waals surface area (Å²) in [6.07, 6.45) is 13.9. The molecule has 19 heteroatoms. The number of carbonyl (C=O) groups excluding carboxylic acids is 7. The number of unbranched alkanes of at least 4 members (excludes halogenated alkanes) is 12. The van der Waals surface area contributed by atoms with Crippen LogP contribution in [0.2, 0.25) is 0 Å². The van der Waals surface area contributed by atoms with Crippen molar-refractivity contribution in [2.75, 3.05) is 40.4 Å². The van der Waals surface area contributed by atoms with Gasteiger partial charge in [-0.3, -0.25) is 33.6 Å². The summed E-state index contributed by atoms with van der Waals surface area (Å²) in [5.74, 6) is -5.62. The lowest BCUT2D eigenvalue weighted by Crippen LogP contribution is -2.56. The molecule has 4 bridgehead atoms. The fraction of sp³-hybridized carbons (Fsp3) is 0.612. The molecule has 6 atom stereocenters. The molecule has 68 heavy (non-hydrogen) atoms. The number of aliphatic hydroxyl groups excluding tert-OH is 3. The maximum Gasteiger partial charge on any atom is 0.248 e. The van der Waals surface area contributed by atoms with Gasteiger partial charge in [-0.1, -0.05) is 96.1 Å². The van der Waals surface area contributed by atoms with Crippen LogP contribution in [-0.4, -0.2) is 147 Å². The Kier molecular flexibility index (Phi) is 24.3. The minimum atomic E-state index is -1.49. The van der Waals surface area contributed by atoms with E-state index >= 15 is 0 Å². The van der Waals surface area contributed by atoms with E-state index in [1.54, 1.807) is 0 Å². The van der Waals surface area contributed by atoms with Crippen molar-refractivity contribution < 1.29 is 59.1 Å². The number of phenols is 2. The van der Waals surface area contributed by atoms with Crippen molar-refractivity contribution in [2.45, 2.75) is 153 Å². The van der Waals surface area contributed by atoms with E-state index < -0.39 is 91.5 Å². The molecular weight excluding hydrogens is 879 g/mol. The van der Waals surface area contributed by atoms with Gasteiger partial charge in [0.25, 0.3) is 0 Å². The smallest absolute Gasteiger partial charge is 0.248 e. The van der Waals surface area contributed by atoms with Crippen molar-refractivity contribution in [2.24, 2.45) is 0 Å². The van der Waals surface area contributed by atoms with Crippen molar-refractivity contribution in [3.05, 3.63) is 47.5 Å². The molecule has 0 aliphatic carbocycles. The third-order valence-electron chi connectivity index (χ3n) is 12.3. The Labute approximate surface area is 399 Å². The highest BCUT2D eigenvalue weighted by atomic mass is 16.3. The molecule has 0 saturated carbocycles. The molecule has 0 aromatic heterocycles. The highest BCUT2D eigenvalue weighted by Gasteiger charge is 2.34. The minimum absolute atomic E-state index is 0.0627. The first-order chi connectivity index (χ1) is 32.4. The monoisotopic (exact) mass is 954 g/mol. The number of hydrogen-bond acceptors (Lipinski definition) is 12. The second-order valence-electron chi connectivity index (χ2n) is 17.8. The lowest BCUT2D eigenvalue weighted by molar-refractivity contribution is -0.142. The van der Waals surface area contributed by atoms with Crippen LogP contribution in [0.1, 0.15) is 128 Å². The number of aliphatic hydroxyl groups is 3. The molecule has 1 aliphatic rings. The Hall–Kier alpha value is -5.79. The van der Waals surface area contributed by atoms with Gasteiger partial charge < -0.3 is 61.9 Å². The predicted molar refractivity (Wildman–Crippen MR) is 255 cm³/mol. The fourth-order valence-electron chi connectivity index (χ4n) is 7.91. The van der Waals surface area contributed by atoms with Crippen molar-refractivity contribution in [1.29, 1.82) is 0 Å². The number of aromatic hydroxyl groups is 2. The molecule has 2 aromatic carbocycles. The number of nitrogens with zero attached hydrogens (tertiary/aromatic N) is 2. The van der Waals surface area contributed by atoms with Gasteiger partial charge >= 0.3 is 0 Å². The molecule has 1 heterocycles. The van der Waals surface area contributed by atoms with Crippen LogP contribution in [0.15, 0.2) is 36.4 Å². The summed E-state index contributed by atoms with van der Waals surface area (Å²) in [6, 6.07) is 1.83. The summed E-state index contributed by atoms with van der Waals surface area (Å²) < 4.78 is 0. The van der Waals surface area contributed by atoms with Gasteiger partial charge in [-0.25, -0.2) is 0 Å². The van der Waals surface area contributed by atoms with Gasteiger partial charge in [0.15, 0.2) is 0 Å². The molecule has 19 nitrogen and oxygen atoms in total. The van der Waals surface area contributed by atoms with Crippen LogP contribution in [0.4, 0.5) is 0 Å². The van der Waals surface area contributed by atoms with Crippen molar-refractivity contribution in [1.82, 2.24) is 36.4 Å². The summed E-state index contributed by atoms with van der Waals surface area (Å²) in [6.45, 7) is 2.63. The molecule has 0 saturated heterocycles. The number of likely N-dealkylation sites (N-methyl/N-ethyl adjacent to an activating group) is 2. The van der Waals surface area contributed by atoms with E-state index in [1.165, 1.54) is 122 Å². The van der Waals surface area contributed by atoms with E-state index in [-0.39, 0.29) is 53.5 Å². The van der Waals surface area contributed by atoms with E-state index in [2.05, 4.69) is 33.5 Å². The molecule has 7 amide bonds. The highest BCUT2D eigenvalue weighted by Crippen LogP contribution is 2.38. The molecule has 378 valence electrons. The molecule has 1 unspecified atom stereocenters. The largest absolute Gasteiger partial charge is 0.507 e. The first-order valence-corrected chi connectivity index (χ1v) is 24.0. The van der Waals surface area contributed by atoms with Crippen LogP contribution in [-0.2, 0) is 40.0 Å². The number of nitrogens with one attached hydrogen (secondary N) is 5. The first-order valence-electron chi connectivity index (χ1n) is 24.0. The second-order valence-corrected chi connectivity index (χ2v) is 17.8. The van der Waals surface area contributed by atoms with E-state index in [1.807, 2.05) is 0 Å². The topological polar surface area (TPSA) is 287 Å². The van der Waals surface area contributed by atoms with Crippen LogP contribution in [0, 0.1) is 0 Å². The second kappa shape index (κ2) is 29.2. The van der Waals surface area contributed by atoms with E-state index in [4.69, 9.17) is 0 Å². The summed E-state index contributed by atoms with van der Waals surface area (Å²) in [7, 11) is 2.70. The third kappa shape index (κ3) is 17.7. The first kappa shape index (κ1) is 56.5. The summed E-state index contributed by atoms with van der Waals surface area (Å²) >= 11 is 0. The fourth-order valence-corrected chi connectivity index (χ4v) is 7.91. The van der Waals surface area contributed by atoms with Gasteiger partial charge in [0.2, 0.25) is 41.4 Å². The van der Waals surface area contributed by atoms with Crippen LogP contribution in [0.3, 0.4) is 0 Å². The molecule has 2 aromatic rings. The van der Waals surface area contributed by atoms with Crippen molar-refractivity contribution in [3.8, 4) is 22.6 Å². The van der Waals surface area contributed by atoms with Gasteiger partial charge in [-0.05, 0) is 55.7 Å². The number of amides is 7. The maximum atomic E-state index is 14.1. The SMILES string of the molecule is CCCCCCCCCCCCCCCC(=O)N(C)[C@H](CO)C(=O)N[C@H](C)C(=O)NCC(=O)N(C)[C@@H]1C(=O)N[C@@H](C)C(=O)N[C@H](C(=O)NCC(O)CO)Cc2ccc(O)c(c2)-c2cc1ccc2O. The molecule has 10 N–H and O–H groups in total. The molecule has 0 radical (unpaired) electrons. The molecule has 3 rings (SSSR count). The van der Waals surface area contributed by atoms with Gasteiger partial charge in [0.05, 0.1) is 25.9 Å². The van der Waals surface area contributed by atoms with Crippen molar-refractivity contribution >= 4 is 41.4 Å². The number of rotatable bonds is 26. The van der Waals surface area contributed by atoms with E-state index in [9.17, 15) is 59.1 Å². The Bertz CT molecular complexity index is 2000. The van der Waals surface area contributed by atoms with Gasteiger partial charge in [0.1, 0.15) is 41.7 Å². The number of carbonyl (C=O) groups is 7. The average Bonchev–Trinajstić information content (AvgIpc) is 3.31. The van der Waals surface area contributed by atoms with Crippen molar-refractivity contribution in [3.63, 3.8) is 0 Å². The Balaban J connectivity index is 1.64. The maximum absolute atomic E-state index is 14.1. The number of hydrogen-bond donors (Lipinski definition) is 10. The molecule has 1 aliphatic heterocycles.